The van der Waals surface area contributed by atoms with Crippen LogP contribution in [0.4, 0.5) is 0 Å². The lowest BCUT2D eigenvalue weighted by Gasteiger charge is -2.13. The van der Waals surface area contributed by atoms with E-state index >= 15 is 0 Å². The van der Waals surface area contributed by atoms with Gasteiger partial charge in [-0.3, -0.25) is 0 Å². The van der Waals surface area contributed by atoms with Crippen LogP contribution in [0.1, 0.15) is 19.4 Å². The molecule has 1 aromatic rings. The molecule has 0 heterocycles. The average Bonchev–Trinajstić information content (AvgIpc) is 2.31. The highest BCUT2D eigenvalue weighted by Crippen LogP contribution is 2.37. The Morgan fingerprint density at radius 2 is 2.00 bits per heavy atom. The highest BCUT2D eigenvalue weighted by Gasteiger charge is 2.10. The third kappa shape index (κ3) is 4.07. The molecule has 0 aromatic heterocycles. The van der Waals surface area contributed by atoms with Crippen LogP contribution in [-0.2, 0) is 4.79 Å². The smallest absolute Gasteiger partial charge is 0.175 e. The lowest BCUT2D eigenvalue weighted by molar-refractivity contribution is -0.297. The van der Waals surface area contributed by atoms with Crippen molar-refractivity contribution in [1.29, 1.82) is 0 Å². The molecule has 4 nitrogen and oxygen atoms in total. The van der Waals surface area contributed by atoms with Crippen molar-refractivity contribution >= 4 is 28.0 Å². The third-order valence-corrected chi connectivity index (χ3v) is 2.62. The summed E-state index contributed by atoms with van der Waals surface area (Å²) >= 11 is 3.37. The van der Waals surface area contributed by atoms with E-state index in [0.717, 1.165) is 6.08 Å². The second-order valence-electron chi connectivity index (χ2n) is 3.35. The van der Waals surface area contributed by atoms with Crippen LogP contribution < -0.4 is 14.6 Å². The Morgan fingerprint density at radius 1 is 1.33 bits per heavy atom. The summed E-state index contributed by atoms with van der Waals surface area (Å²) in [5.41, 5.74) is 0.693. The minimum absolute atomic E-state index is 0.500. The summed E-state index contributed by atoms with van der Waals surface area (Å²) in [6.45, 7) is 4.77. The standard InChI is InChI=1S/C13H15BrO4/c1-3-17-11-8-9(5-6-12(15)16)7-10(14)13(11)18-4-2/h5-8H,3-4H2,1-2H3,(H,15,16)/p-1/b6-5+. The molecule has 0 amide bonds. The van der Waals surface area contributed by atoms with Crippen LogP contribution in [-0.4, -0.2) is 19.2 Å². The minimum Gasteiger partial charge on any atom is -0.545 e. The Bertz CT molecular complexity index is 455. The topological polar surface area (TPSA) is 58.6 Å². The van der Waals surface area contributed by atoms with E-state index in [4.69, 9.17) is 9.47 Å². The molecule has 18 heavy (non-hydrogen) atoms. The van der Waals surface area contributed by atoms with Gasteiger partial charge in [-0.15, -0.1) is 0 Å². The van der Waals surface area contributed by atoms with Gasteiger partial charge in [-0.2, -0.15) is 0 Å². The quantitative estimate of drug-likeness (QED) is 0.754. The van der Waals surface area contributed by atoms with Gasteiger partial charge in [-0.25, -0.2) is 0 Å². The van der Waals surface area contributed by atoms with Crippen LogP contribution in [0.3, 0.4) is 0 Å². The maximum Gasteiger partial charge on any atom is 0.175 e. The zero-order chi connectivity index (χ0) is 13.5. The zero-order valence-electron chi connectivity index (χ0n) is 10.2. The predicted octanol–water partition coefficient (Wildman–Crippen LogP) is 2.01. The molecule has 0 atom stereocenters. The maximum absolute atomic E-state index is 10.4. The van der Waals surface area contributed by atoms with Gasteiger partial charge >= 0.3 is 0 Å². The lowest BCUT2D eigenvalue weighted by Crippen LogP contribution is -2.18. The summed E-state index contributed by atoms with van der Waals surface area (Å²) in [5.74, 6) is -0.0466. The van der Waals surface area contributed by atoms with Gasteiger partial charge in [0.25, 0.3) is 0 Å². The third-order valence-electron chi connectivity index (χ3n) is 2.03. The van der Waals surface area contributed by atoms with E-state index in [0.29, 0.717) is 34.7 Å². The van der Waals surface area contributed by atoms with Crippen LogP contribution in [0.5, 0.6) is 11.5 Å². The highest BCUT2D eigenvalue weighted by atomic mass is 79.9. The van der Waals surface area contributed by atoms with Crippen molar-refractivity contribution in [3.63, 3.8) is 0 Å². The normalized spacial score (nSPS) is 10.6. The van der Waals surface area contributed by atoms with Crippen LogP contribution in [0.25, 0.3) is 6.08 Å². The molecule has 98 valence electrons. The second kappa shape index (κ2) is 7.06. The van der Waals surface area contributed by atoms with Gasteiger partial charge in [0, 0.05) is 0 Å². The van der Waals surface area contributed by atoms with Gasteiger partial charge < -0.3 is 19.4 Å². The van der Waals surface area contributed by atoms with Crippen molar-refractivity contribution in [2.75, 3.05) is 13.2 Å². The fourth-order valence-electron chi connectivity index (χ4n) is 1.40. The summed E-state index contributed by atoms with van der Waals surface area (Å²) in [4.78, 5) is 10.4. The maximum atomic E-state index is 10.4. The number of carbonyl (C=O) groups excluding carboxylic acids is 1. The molecule has 0 saturated heterocycles. The first-order valence-corrected chi connectivity index (χ1v) is 6.36. The van der Waals surface area contributed by atoms with E-state index in [-0.39, 0.29) is 0 Å². The Labute approximate surface area is 114 Å². The molecule has 1 aromatic carbocycles. The minimum atomic E-state index is -1.24. The number of benzene rings is 1. The first-order chi connectivity index (χ1) is 8.58. The fraction of sp³-hybridized carbons (Fsp3) is 0.308. The Hall–Kier alpha value is -1.49. The van der Waals surface area contributed by atoms with E-state index in [1.165, 1.54) is 6.08 Å². The van der Waals surface area contributed by atoms with Crippen molar-refractivity contribution in [2.24, 2.45) is 0 Å². The molecule has 0 bridgehead atoms. The van der Waals surface area contributed by atoms with E-state index < -0.39 is 5.97 Å². The van der Waals surface area contributed by atoms with E-state index in [1.54, 1.807) is 12.1 Å². The number of aliphatic carboxylic acids is 1. The summed E-state index contributed by atoms with van der Waals surface area (Å²) < 4.78 is 11.7. The summed E-state index contributed by atoms with van der Waals surface area (Å²) in [5, 5.41) is 10.4. The van der Waals surface area contributed by atoms with Crippen LogP contribution in [0.15, 0.2) is 22.7 Å². The molecule has 5 heteroatoms. The van der Waals surface area contributed by atoms with Gasteiger partial charge in [0.15, 0.2) is 11.5 Å². The highest BCUT2D eigenvalue weighted by molar-refractivity contribution is 9.10. The molecule has 0 N–H and O–H groups in total. The van der Waals surface area contributed by atoms with E-state index in [1.807, 2.05) is 13.8 Å². The molecule has 0 unspecified atom stereocenters. The molecule has 0 fully saturated rings. The summed E-state index contributed by atoms with van der Waals surface area (Å²) in [6.07, 6.45) is 2.41. The average molecular weight is 314 g/mol. The fourth-order valence-corrected chi connectivity index (χ4v) is 1.97. The molecule has 0 spiro atoms. The second-order valence-corrected chi connectivity index (χ2v) is 4.20. The molecule has 0 aliphatic rings. The predicted molar refractivity (Wildman–Crippen MR) is 70.5 cm³/mol. The summed E-state index contributed by atoms with van der Waals surface area (Å²) in [6, 6.07) is 3.48. The van der Waals surface area contributed by atoms with Crippen molar-refractivity contribution in [3.05, 3.63) is 28.2 Å². The molecule has 0 aliphatic heterocycles. The van der Waals surface area contributed by atoms with Gasteiger partial charge in [0.1, 0.15) is 0 Å². The molecule has 0 radical (unpaired) electrons. The Balaban J connectivity index is 3.13. The molecule has 0 saturated carbocycles. The number of halogens is 1. The van der Waals surface area contributed by atoms with Gasteiger partial charge in [0.05, 0.1) is 23.7 Å². The number of hydrogen-bond acceptors (Lipinski definition) is 4. The van der Waals surface area contributed by atoms with Crippen molar-refractivity contribution in [3.8, 4) is 11.5 Å². The largest absolute Gasteiger partial charge is 0.545 e. The lowest BCUT2D eigenvalue weighted by atomic mass is 10.2. The van der Waals surface area contributed by atoms with Crippen LogP contribution in [0, 0.1) is 0 Å². The van der Waals surface area contributed by atoms with Gasteiger partial charge in [-0.05, 0) is 53.5 Å². The monoisotopic (exact) mass is 313 g/mol. The molecule has 1 rings (SSSR count). The Kier molecular flexibility index (Phi) is 5.71. The number of hydrogen-bond donors (Lipinski definition) is 0. The van der Waals surface area contributed by atoms with Crippen LogP contribution >= 0.6 is 15.9 Å². The number of rotatable bonds is 6. The van der Waals surface area contributed by atoms with E-state index in [9.17, 15) is 9.90 Å². The summed E-state index contributed by atoms with van der Waals surface area (Å²) in [7, 11) is 0. The number of ether oxygens (including phenoxy) is 2. The number of carbonyl (C=O) groups is 1. The SMILES string of the molecule is CCOc1cc(/C=C/C(=O)[O-])cc(Br)c1OCC. The van der Waals surface area contributed by atoms with E-state index in [2.05, 4.69) is 15.9 Å². The zero-order valence-corrected chi connectivity index (χ0v) is 11.8. The number of carboxylic acid groups (broad SMARTS) is 1. The Morgan fingerprint density at radius 3 is 2.56 bits per heavy atom. The molecular formula is C13H14BrO4-. The van der Waals surface area contributed by atoms with Crippen molar-refractivity contribution in [1.82, 2.24) is 0 Å². The van der Waals surface area contributed by atoms with Crippen molar-refractivity contribution < 1.29 is 19.4 Å². The van der Waals surface area contributed by atoms with Crippen molar-refractivity contribution in [2.45, 2.75) is 13.8 Å². The van der Waals surface area contributed by atoms with Gasteiger partial charge in [-0.1, -0.05) is 6.08 Å². The van der Waals surface area contributed by atoms with Crippen LogP contribution in [0.2, 0.25) is 0 Å². The molecule has 0 aliphatic carbocycles. The molecular weight excluding hydrogens is 300 g/mol. The first kappa shape index (κ1) is 14.6. The number of carboxylic acids is 1. The van der Waals surface area contributed by atoms with Gasteiger partial charge in [0.2, 0.25) is 0 Å². The first-order valence-electron chi connectivity index (χ1n) is 5.56.